The van der Waals surface area contributed by atoms with E-state index in [0.29, 0.717) is 24.3 Å². The van der Waals surface area contributed by atoms with Crippen LogP contribution in [0.3, 0.4) is 0 Å². The van der Waals surface area contributed by atoms with E-state index >= 15 is 0 Å². The number of rotatable bonds is 4. The maximum atomic E-state index is 5.95. The van der Waals surface area contributed by atoms with Gasteiger partial charge in [-0.05, 0) is 46.5 Å². The van der Waals surface area contributed by atoms with Crippen molar-refractivity contribution in [3.05, 3.63) is 11.7 Å². The van der Waals surface area contributed by atoms with Crippen molar-refractivity contribution in [3.8, 4) is 0 Å². The summed E-state index contributed by atoms with van der Waals surface area (Å²) in [5, 5.41) is 7.18. The number of nitrogens with zero attached hydrogens (tertiary/aromatic N) is 3. The Morgan fingerprint density at radius 3 is 2.77 bits per heavy atom. The number of aromatic nitrogens is 2. The molecule has 7 heteroatoms. The monoisotopic (exact) mass is 307 g/mol. The normalized spacial score (nSPS) is 26.4. The zero-order chi connectivity index (χ0) is 15.7. The SMILES string of the molecule is CC(C)(C)NC(N)=NC[C@H]1CC[C@@H](c2nc(C3CC3)no2)O1. The van der Waals surface area contributed by atoms with Crippen LogP contribution in [-0.4, -0.2) is 34.3 Å². The topological polar surface area (TPSA) is 98.6 Å². The number of aliphatic imine (C=N–C) groups is 1. The van der Waals surface area contributed by atoms with Crippen LogP contribution in [0, 0.1) is 0 Å². The second-order valence-electron chi connectivity index (χ2n) is 7.19. The molecule has 1 aliphatic heterocycles. The third-order valence-corrected chi connectivity index (χ3v) is 3.75. The first-order valence-corrected chi connectivity index (χ1v) is 7.98. The number of hydrogen-bond donors (Lipinski definition) is 2. The van der Waals surface area contributed by atoms with Gasteiger partial charge in [-0.2, -0.15) is 4.98 Å². The van der Waals surface area contributed by atoms with E-state index in [4.69, 9.17) is 15.0 Å². The van der Waals surface area contributed by atoms with Gasteiger partial charge < -0.3 is 20.3 Å². The molecule has 122 valence electrons. The molecular weight excluding hydrogens is 282 g/mol. The Bertz CT molecular complexity index is 544. The van der Waals surface area contributed by atoms with Crippen molar-refractivity contribution < 1.29 is 9.26 Å². The van der Waals surface area contributed by atoms with Gasteiger partial charge in [-0.1, -0.05) is 5.16 Å². The van der Waals surface area contributed by atoms with Crippen molar-refractivity contribution in [2.45, 2.75) is 70.1 Å². The Balaban J connectivity index is 1.50. The molecule has 0 bridgehead atoms. The minimum absolute atomic E-state index is 0.0570. The van der Waals surface area contributed by atoms with Crippen molar-refractivity contribution in [2.75, 3.05) is 6.54 Å². The summed E-state index contributed by atoms with van der Waals surface area (Å²) in [6.07, 6.45) is 4.11. The van der Waals surface area contributed by atoms with Crippen LogP contribution in [0.2, 0.25) is 0 Å². The molecule has 0 aromatic carbocycles. The van der Waals surface area contributed by atoms with E-state index in [0.717, 1.165) is 18.7 Å². The maximum absolute atomic E-state index is 5.95. The van der Waals surface area contributed by atoms with Crippen molar-refractivity contribution in [3.63, 3.8) is 0 Å². The van der Waals surface area contributed by atoms with Crippen LogP contribution in [0.15, 0.2) is 9.52 Å². The largest absolute Gasteiger partial charge is 0.370 e. The van der Waals surface area contributed by atoms with Gasteiger partial charge in [0, 0.05) is 11.5 Å². The Morgan fingerprint density at radius 2 is 2.09 bits per heavy atom. The lowest BCUT2D eigenvalue weighted by atomic mass is 10.1. The number of nitrogens with two attached hydrogens (primary N) is 1. The fourth-order valence-corrected chi connectivity index (χ4v) is 2.53. The Morgan fingerprint density at radius 1 is 1.32 bits per heavy atom. The van der Waals surface area contributed by atoms with Gasteiger partial charge in [-0.15, -0.1) is 0 Å². The molecule has 1 aromatic heterocycles. The molecule has 1 aliphatic carbocycles. The standard InChI is InChI=1S/C15H25N5O2/c1-15(2,3)19-14(16)17-8-10-6-7-11(21-10)13-18-12(20-22-13)9-4-5-9/h9-11H,4-8H2,1-3H3,(H3,16,17,19)/t10-,11+/m1/s1. The molecule has 1 aromatic rings. The summed E-state index contributed by atoms with van der Waals surface area (Å²) in [5.74, 6) is 2.39. The zero-order valence-electron chi connectivity index (χ0n) is 13.5. The van der Waals surface area contributed by atoms with Gasteiger partial charge in [0.05, 0.1) is 12.6 Å². The molecule has 7 nitrogen and oxygen atoms in total. The Hall–Kier alpha value is -1.63. The number of guanidine groups is 1. The lowest BCUT2D eigenvalue weighted by Gasteiger charge is -2.21. The van der Waals surface area contributed by atoms with Gasteiger partial charge in [0.2, 0.25) is 0 Å². The van der Waals surface area contributed by atoms with Crippen LogP contribution in [0.1, 0.15) is 70.2 Å². The molecule has 3 N–H and O–H groups in total. The fraction of sp³-hybridized carbons (Fsp3) is 0.800. The van der Waals surface area contributed by atoms with E-state index in [-0.39, 0.29) is 17.7 Å². The predicted molar refractivity (Wildman–Crippen MR) is 82.5 cm³/mol. The zero-order valence-corrected chi connectivity index (χ0v) is 13.5. The number of ether oxygens (including phenoxy) is 1. The van der Waals surface area contributed by atoms with Crippen LogP contribution < -0.4 is 11.1 Å². The quantitative estimate of drug-likeness (QED) is 0.651. The van der Waals surface area contributed by atoms with E-state index in [9.17, 15) is 0 Å². The molecule has 2 fully saturated rings. The molecule has 1 saturated heterocycles. The minimum Gasteiger partial charge on any atom is -0.370 e. The predicted octanol–water partition coefficient (Wildman–Crippen LogP) is 1.87. The van der Waals surface area contributed by atoms with Gasteiger partial charge in [0.1, 0.15) is 6.10 Å². The maximum Gasteiger partial charge on any atom is 0.255 e. The second-order valence-corrected chi connectivity index (χ2v) is 7.19. The Labute approximate surface area is 130 Å². The van der Waals surface area contributed by atoms with Crippen molar-refractivity contribution in [1.29, 1.82) is 0 Å². The van der Waals surface area contributed by atoms with E-state index < -0.39 is 0 Å². The first kappa shape index (κ1) is 15.3. The van der Waals surface area contributed by atoms with Crippen molar-refractivity contribution >= 4 is 5.96 Å². The highest BCUT2D eigenvalue weighted by Crippen LogP contribution is 2.39. The fourth-order valence-electron chi connectivity index (χ4n) is 2.53. The molecule has 3 rings (SSSR count). The molecular formula is C15H25N5O2. The first-order chi connectivity index (χ1) is 10.4. The van der Waals surface area contributed by atoms with Gasteiger partial charge in [0.15, 0.2) is 11.8 Å². The third kappa shape index (κ3) is 3.97. The molecule has 0 spiro atoms. The summed E-state index contributed by atoms with van der Waals surface area (Å²) in [6.45, 7) is 6.69. The van der Waals surface area contributed by atoms with Gasteiger partial charge in [0.25, 0.3) is 5.89 Å². The first-order valence-electron chi connectivity index (χ1n) is 7.98. The van der Waals surface area contributed by atoms with Crippen molar-refractivity contribution in [2.24, 2.45) is 10.7 Å². The second kappa shape index (κ2) is 5.87. The molecule has 0 unspecified atom stereocenters. The van der Waals surface area contributed by atoms with E-state index in [2.05, 4.69) is 20.4 Å². The third-order valence-electron chi connectivity index (χ3n) is 3.75. The van der Waals surface area contributed by atoms with Crippen LogP contribution in [0.5, 0.6) is 0 Å². The molecule has 22 heavy (non-hydrogen) atoms. The summed E-state index contributed by atoms with van der Waals surface area (Å²) >= 11 is 0. The van der Waals surface area contributed by atoms with Crippen LogP contribution in [-0.2, 0) is 4.74 Å². The van der Waals surface area contributed by atoms with Gasteiger partial charge in [-0.25, -0.2) is 0 Å². The number of hydrogen-bond acceptors (Lipinski definition) is 5. The average molecular weight is 307 g/mol. The van der Waals surface area contributed by atoms with E-state index in [1.54, 1.807) is 0 Å². The van der Waals surface area contributed by atoms with Crippen LogP contribution >= 0.6 is 0 Å². The van der Waals surface area contributed by atoms with Crippen molar-refractivity contribution in [1.82, 2.24) is 15.5 Å². The highest BCUT2D eigenvalue weighted by atomic mass is 16.5. The van der Waals surface area contributed by atoms with Gasteiger partial charge in [-0.3, -0.25) is 4.99 Å². The van der Waals surface area contributed by atoms with E-state index in [1.165, 1.54) is 12.8 Å². The summed E-state index contributed by atoms with van der Waals surface area (Å²) in [4.78, 5) is 8.81. The molecule has 2 heterocycles. The highest BCUT2D eigenvalue weighted by Gasteiger charge is 2.34. The summed E-state index contributed by atoms with van der Waals surface area (Å²) < 4.78 is 11.3. The smallest absolute Gasteiger partial charge is 0.255 e. The average Bonchev–Trinajstić information content (AvgIpc) is 2.98. The molecule has 1 saturated carbocycles. The molecule has 2 aliphatic rings. The number of nitrogens with one attached hydrogen (secondary N) is 1. The van der Waals surface area contributed by atoms with Crippen LogP contribution in [0.25, 0.3) is 0 Å². The Kier molecular flexibility index (Phi) is 4.08. The minimum atomic E-state index is -0.100. The summed E-state index contributed by atoms with van der Waals surface area (Å²) in [7, 11) is 0. The molecule has 2 atom stereocenters. The lowest BCUT2D eigenvalue weighted by Crippen LogP contribution is -2.45. The summed E-state index contributed by atoms with van der Waals surface area (Å²) in [6, 6.07) is 0. The molecule has 0 amide bonds. The van der Waals surface area contributed by atoms with Crippen LogP contribution in [0.4, 0.5) is 0 Å². The van der Waals surface area contributed by atoms with Gasteiger partial charge >= 0.3 is 0 Å². The lowest BCUT2D eigenvalue weighted by molar-refractivity contribution is 0.0309. The highest BCUT2D eigenvalue weighted by molar-refractivity contribution is 5.78. The van der Waals surface area contributed by atoms with E-state index in [1.807, 2.05) is 20.8 Å². The summed E-state index contributed by atoms with van der Waals surface area (Å²) in [5.41, 5.74) is 5.78. The molecule has 0 radical (unpaired) electrons.